The number of benzene rings is 1. The maximum Gasteiger partial charge on any atom is 0.335 e. The van der Waals surface area contributed by atoms with Crippen LogP contribution in [0.3, 0.4) is 0 Å². The molecule has 2 aliphatic carbocycles. The van der Waals surface area contributed by atoms with Gasteiger partial charge in [0.15, 0.2) is 0 Å². The number of aryl methyl sites for hydroxylation is 1. The number of nitrogens with zero attached hydrogens (tertiary/aromatic N) is 1. The van der Waals surface area contributed by atoms with E-state index in [-0.39, 0.29) is 0 Å². The molecule has 4 heteroatoms. The molecule has 2 heterocycles. The summed E-state index contributed by atoms with van der Waals surface area (Å²) < 4.78 is 0. The quantitative estimate of drug-likeness (QED) is 0.679. The Bertz CT molecular complexity index is 1120. The van der Waals surface area contributed by atoms with Gasteiger partial charge in [-0.3, -0.25) is 0 Å². The summed E-state index contributed by atoms with van der Waals surface area (Å²) in [5.74, 6) is -0.907. The van der Waals surface area contributed by atoms with Crippen molar-refractivity contribution < 1.29 is 9.90 Å². The van der Waals surface area contributed by atoms with Crippen LogP contribution < -0.4 is 0 Å². The Morgan fingerprint density at radius 1 is 1.12 bits per heavy atom. The number of aromatic nitrogens is 2. The van der Waals surface area contributed by atoms with Gasteiger partial charge >= 0.3 is 5.97 Å². The van der Waals surface area contributed by atoms with E-state index in [0.29, 0.717) is 5.57 Å². The van der Waals surface area contributed by atoms with Crippen molar-refractivity contribution in [3.8, 4) is 11.4 Å². The van der Waals surface area contributed by atoms with Crippen molar-refractivity contribution in [1.82, 2.24) is 9.97 Å². The van der Waals surface area contributed by atoms with Gasteiger partial charge in [-0.05, 0) is 55.5 Å². The fourth-order valence-corrected chi connectivity index (χ4v) is 4.03. The summed E-state index contributed by atoms with van der Waals surface area (Å²) >= 11 is 0. The second-order valence-corrected chi connectivity index (χ2v) is 6.93. The Morgan fingerprint density at radius 2 is 1.96 bits per heavy atom. The van der Waals surface area contributed by atoms with E-state index >= 15 is 0 Å². The molecule has 0 saturated carbocycles. The number of H-pyrrole nitrogens is 1. The van der Waals surface area contributed by atoms with Crippen LogP contribution in [0.25, 0.3) is 34.4 Å². The molecule has 0 spiro atoms. The van der Waals surface area contributed by atoms with Crippen molar-refractivity contribution in [2.24, 2.45) is 0 Å². The molecular weight excluding hydrogens is 324 g/mol. The number of fused-ring (bicyclic) bond motifs is 6. The zero-order valence-corrected chi connectivity index (χ0v) is 14.2. The summed E-state index contributed by atoms with van der Waals surface area (Å²) in [7, 11) is 0. The number of rotatable bonds is 1. The molecule has 0 atom stereocenters. The lowest BCUT2D eigenvalue weighted by molar-refractivity contribution is -0.132. The highest BCUT2D eigenvalue weighted by molar-refractivity contribution is 6.00. The van der Waals surface area contributed by atoms with Crippen LogP contribution in [0, 0.1) is 0 Å². The molecule has 5 rings (SSSR count). The molecule has 0 amide bonds. The fourth-order valence-electron chi connectivity index (χ4n) is 4.03. The summed E-state index contributed by atoms with van der Waals surface area (Å²) in [6.07, 6.45) is 9.64. The van der Waals surface area contributed by atoms with Crippen molar-refractivity contribution >= 4 is 29.0 Å². The third kappa shape index (κ3) is 2.30. The number of aliphatic carboxylic acids is 1. The smallest absolute Gasteiger partial charge is 0.335 e. The predicted octanol–water partition coefficient (Wildman–Crippen LogP) is 4.60. The van der Waals surface area contributed by atoms with E-state index in [0.717, 1.165) is 59.1 Å². The number of carbonyl (C=O) groups is 1. The number of hydrogen-bond donors (Lipinski definition) is 2. The zero-order chi connectivity index (χ0) is 17.7. The second kappa shape index (κ2) is 5.70. The molecule has 0 fully saturated rings. The van der Waals surface area contributed by atoms with E-state index in [9.17, 15) is 9.90 Å². The number of carboxylic acids is 1. The lowest BCUT2D eigenvalue weighted by atomic mass is 9.91. The van der Waals surface area contributed by atoms with Crippen molar-refractivity contribution in [2.75, 3.05) is 0 Å². The maximum absolute atomic E-state index is 11.7. The van der Waals surface area contributed by atoms with Gasteiger partial charge in [-0.1, -0.05) is 24.3 Å². The SMILES string of the molecule is O=C(O)C1=C/c2c([nH]c3c2CCCC3)-c2nc3ccccc3cc2/C=C\1. The minimum Gasteiger partial charge on any atom is -0.478 e. The first-order valence-corrected chi connectivity index (χ1v) is 8.97. The first-order valence-electron chi connectivity index (χ1n) is 8.97. The molecule has 0 unspecified atom stereocenters. The molecule has 0 radical (unpaired) electrons. The Kier molecular flexibility index (Phi) is 3.32. The van der Waals surface area contributed by atoms with Crippen LogP contribution in [-0.2, 0) is 17.6 Å². The molecule has 3 aromatic rings. The van der Waals surface area contributed by atoms with Crippen LogP contribution >= 0.6 is 0 Å². The summed E-state index contributed by atoms with van der Waals surface area (Å²) in [4.78, 5) is 20.2. The normalized spacial score (nSPS) is 18.7. The van der Waals surface area contributed by atoms with E-state index in [1.807, 2.05) is 30.3 Å². The summed E-state index contributed by atoms with van der Waals surface area (Å²) in [6, 6.07) is 10.1. The van der Waals surface area contributed by atoms with Crippen LogP contribution in [0.4, 0.5) is 0 Å². The minimum absolute atomic E-state index is 0.303. The van der Waals surface area contributed by atoms with Gasteiger partial charge in [-0.25, -0.2) is 9.78 Å². The van der Waals surface area contributed by atoms with Gasteiger partial charge in [0.05, 0.1) is 22.5 Å². The van der Waals surface area contributed by atoms with Gasteiger partial charge in [0.1, 0.15) is 0 Å². The predicted molar refractivity (Wildman–Crippen MR) is 103 cm³/mol. The van der Waals surface area contributed by atoms with Gasteiger partial charge in [-0.2, -0.15) is 0 Å². The van der Waals surface area contributed by atoms with Crippen molar-refractivity contribution in [3.05, 3.63) is 64.4 Å². The summed E-state index contributed by atoms with van der Waals surface area (Å²) in [5.41, 5.74) is 7.50. The molecule has 4 nitrogen and oxygen atoms in total. The third-order valence-electron chi connectivity index (χ3n) is 5.32. The first kappa shape index (κ1) is 15.1. The average Bonchev–Trinajstić information content (AvgIpc) is 3.00. The van der Waals surface area contributed by atoms with Crippen LogP contribution in [0.15, 0.2) is 42.0 Å². The monoisotopic (exact) mass is 342 g/mol. The standard InChI is InChI=1S/C22H18N2O2/c25-22(26)15-10-9-14-11-13-5-1-3-7-18(13)23-20(14)21-17(12-15)16-6-2-4-8-19(16)24-21/h1,3,5,7,9-12,24H,2,4,6,8H2,(H,25,26)/b10-9-,14-9?,15-10?,15-12+,17-12?,21-20?. The van der Waals surface area contributed by atoms with Crippen molar-refractivity contribution in [1.29, 1.82) is 0 Å². The molecule has 0 bridgehead atoms. The van der Waals surface area contributed by atoms with E-state index < -0.39 is 5.97 Å². The largest absolute Gasteiger partial charge is 0.478 e. The Morgan fingerprint density at radius 3 is 2.85 bits per heavy atom. The van der Waals surface area contributed by atoms with Gasteiger partial charge in [0.25, 0.3) is 0 Å². The maximum atomic E-state index is 11.7. The van der Waals surface area contributed by atoms with Crippen molar-refractivity contribution in [2.45, 2.75) is 25.7 Å². The van der Waals surface area contributed by atoms with E-state index in [4.69, 9.17) is 4.98 Å². The van der Waals surface area contributed by atoms with E-state index in [1.165, 1.54) is 11.3 Å². The summed E-state index contributed by atoms with van der Waals surface area (Å²) in [6.45, 7) is 0. The van der Waals surface area contributed by atoms with Crippen LogP contribution in [0.5, 0.6) is 0 Å². The number of nitrogens with one attached hydrogen (secondary N) is 1. The molecule has 128 valence electrons. The molecule has 2 aliphatic rings. The highest BCUT2D eigenvalue weighted by atomic mass is 16.4. The van der Waals surface area contributed by atoms with Crippen molar-refractivity contribution in [3.63, 3.8) is 0 Å². The molecule has 1 aromatic carbocycles. The molecule has 0 aliphatic heterocycles. The highest BCUT2D eigenvalue weighted by Crippen LogP contribution is 2.37. The molecule has 26 heavy (non-hydrogen) atoms. The summed E-state index contributed by atoms with van der Waals surface area (Å²) in [5, 5.41) is 10.6. The van der Waals surface area contributed by atoms with E-state index in [2.05, 4.69) is 11.1 Å². The number of aromatic amines is 1. The first-order chi connectivity index (χ1) is 12.7. The highest BCUT2D eigenvalue weighted by Gasteiger charge is 2.24. The Labute approximate surface area is 150 Å². The average molecular weight is 342 g/mol. The number of carboxylic acid groups (broad SMARTS) is 1. The van der Waals surface area contributed by atoms with Crippen LogP contribution in [0.1, 0.15) is 35.2 Å². The fraction of sp³-hybridized carbons (Fsp3) is 0.182. The third-order valence-corrected chi connectivity index (χ3v) is 5.32. The Hall–Kier alpha value is -3.14. The number of para-hydroxylation sites is 1. The van der Waals surface area contributed by atoms with Gasteiger partial charge < -0.3 is 10.1 Å². The van der Waals surface area contributed by atoms with Crippen LogP contribution in [-0.4, -0.2) is 21.0 Å². The lowest BCUT2D eigenvalue weighted by Gasteiger charge is -2.13. The zero-order valence-electron chi connectivity index (χ0n) is 14.2. The Balaban J connectivity index is 1.85. The molecule has 2 N–H and O–H groups in total. The van der Waals surface area contributed by atoms with Gasteiger partial charge in [0.2, 0.25) is 0 Å². The van der Waals surface area contributed by atoms with Crippen LogP contribution in [0.2, 0.25) is 0 Å². The lowest BCUT2D eigenvalue weighted by Crippen LogP contribution is -2.03. The number of hydrogen-bond acceptors (Lipinski definition) is 2. The second-order valence-electron chi connectivity index (χ2n) is 6.93. The topological polar surface area (TPSA) is 66.0 Å². The molecule has 0 saturated heterocycles. The number of pyridine rings is 1. The van der Waals surface area contributed by atoms with Gasteiger partial charge in [-0.15, -0.1) is 0 Å². The molecule has 2 aromatic heterocycles. The van der Waals surface area contributed by atoms with Gasteiger partial charge in [0, 0.05) is 22.2 Å². The minimum atomic E-state index is -0.907. The van der Waals surface area contributed by atoms with E-state index in [1.54, 1.807) is 12.2 Å². The molecular formula is C22H18N2O2.